The van der Waals surface area contributed by atoms with Crippen LogP contribution in [0, 0.1) is 0 Å². The fourth-order valence-corrected chi connectivity index (χ4v) is 2.04. The van der Waals surface area contributed by atoms with E-state index < -0.39 is 0 Å². The number of carbonyl (C=O) groups is 1. The molecule has 4 heteroatoms. The van der Waals surface area contributed by atoms with E-state index in [1.54, 1.807) is 7.11 Å². The highest BCUT2D eigenvalue weighted by Crippen LogP contribution is 2.22. The van der Waals surface area contributed by atoms with Crippen LogP contribution in [0.2, 0.25) is 0 Å². The van der Waals surface area contributed by atoms with Crippen molar-refractivity contribution in [3.05, 3.63) is 29.8 Å². The van der Waals surface area contributed by atoms with Crippen LogP contribution in [0.1, 0.15) is 65.4 Å². The van der Waals surface area contributed by atoms with Crippen molar-refractivity contribution < 1.29 is 9.53 Å². The first kappa shape index (κ1) is 25.7. The summed E-state index contributed by atoms with van der Waals surface area (Å²) in [6.45, 7) is 12.0. The van der Waals surface area contributed by atoms with Gasteiger partial charge in [-0.1, -0.05) is 53.2 Å². The number of hydrogen-bond donors (Lipinski definition) is 1. The molecule has 0 radical (unpaired) electrons. The number of carbonyl (C=O) groups excluding carboxylic acids is 1. The lowest BCUT2D eigenvalue weighted by molar-refractivity contribution is -0.121. The predicted molar refractivity (Wildman–Crippen MR) is 110 cm³/mol. The number of amides is 1. The van der Waals surface area contributed by atoms with Gasteiger partial charge < -0.3 is 15.0 Å². The van der Waals surface area contributed by atoms with Gasteiger partial charge in [0.2, 0.25) is 5.91 Å². The molecule has 1 N–H and O–H groups in total. The second-order valence-corrected chi connectivity index (χ2v) is 6.10. The van der Waals surface area contributed by atoms with Crippen LogP contribution in [0.15, 0.2) is 24.3 Å². The highest BCUT2D eigenvalue weighted by Gasteiger charge is 2.11. The third kappa shape index (κ3) is 14.5. The van der Waals surface area contributed by atoms with Gasteiger partial charge in [0.1, 0.15) is 5.75 Å². The molecule has 0 heterocycles. The molecule has 0 aliphatic rings. The fourth-order valence-electron chi connectivity index (χ4n) is 2.04. The zero-order valence-electron chi connectivity index (χ0n) is 17.7. The monoisotopic (exact) mass is 352 g/mol. The van der Waals surface area contributed by atoms with Crippen molar-refractivity contribution >= 4 is 5.91 Å². The van der Waals surface area contributed by atoms with Crippen LogP contribution in [-0.2, 0) is 4.79 Å². The molecule has 0 saturated carbocycles. The third-order valence-corrected chi connectivity index (χ3v) is 3.26. The minimum Gasteiger partial charge on any atom is -0.497 e. The van der Waals surface area contributed by atoms with Gasteiger partial charge in [-0.3, -0.25) is 4.79 Å². The molecule has 0 bridgehead atoms. The molecule has 1 rings (SSSR count). The number of rotatable bonds is 8. The Balaban J connectivity index is 0. The first-order valence-electron chi connectivity index (χ1n) is 9.49. The molecule has 0 aliphatic heterocycles. The molecule has 1 aromatic rings. The molecule has 25 heavy (non-hydrogen) atoms. The molecule has 146 valence electrons. The number of nitrogens with one attached hydrogen (secondary N) is 1. The average molecular weight is 353 g/mol. The topological polar surface area (TPSA) is 41.6 Å². The Hall–Kier alpha value is -1.55. The molecular formula is C21H40N2O2. The highest BCUT2D eigenvalue weighted by atomic mass is 16.5. The Labute approximate surface area is 156 Å². The van der Waals surface area contributed by atoms with E-state index in [1.165, 1.54) is 6.42 Å². The van der Waals surface area contributed by atoms with Crippen molar-refractivity contribution in [3.63, 3.8) is 0 Å². The standard InChI is InChI=1S/C16H26N2O2.C3H8.C2H6/c1-13(14-7-5-8-15(12-14)20-4)11-16(19)17-9-6-10-18(2)3;1-3-2;1-2/h5,7-8,12-13H,6,9-11H2,1-4H3,(H,17,19);3H2,1-2H3;1-2H3. The van der Waals surface area contributed by atoms with Gasteiger partial charge in [0.15, 0.2) is 0 Å². The maximum absolute atomic E-state index is 11.9. The van der Waals surface area contributed by atoms with Gasteiger partial charge in [-0.2, -0.15) is 0 Å². The second-order valence-electron chi connectivity index (χ2n) is 6.10. The number of methoxy groups -OCH3 is 1. The number of ether oxygens (including phenoxy) is 1. The molecule has 0 fully saturated rings. The van der Waals surface area contributed by atoms with E-state index in [4.69, 9.17) is 4.74 Å². The number of benzene rings is 1. The lowest BCUT2D eigenvalue weighted by atomic mass is 9.97. The summed E-state index contributed by atoms with van der Waals surface area (Å²) in [7, 11) is 5.72. The Bertz CT molecular complexity index is 434. The van der Waals surface area contributed by atoms with Gasteiger partial charge in [0.05, 0.1) is 7.11 Å². The van der Waals surface area contributed by atoms with Crippen LogP contribution in [0.25, 0.3) is 0 Å². The number of hydrogen-bond acceptors (Lipinski definition) is 3. The molecule has 1 unspecified atom stereocenters. The van der Waals surface area contributed by atoms with Crippen LogP contribution in [-0.4, -0.2) is 45.1 Å². The van der Waals surface area contributed by atoms with Gasteiger partial charge in [0.25, 0.3) is 0 Å². The van der Waals surface area contributed by atoms with Gasteiger partial charge in [0, 0.05) is 13.0 Å². The molecule has 4 nitrogen and oxygen atoms in total. The predicted octanol–water partition coefficient (Wildman–Crippen LogP) is 4.70. The molecule has 0 aromatic heterocycles. The van der Waals surface area contributed by atoms with E-state index in [9.17, 15) is 4.79 Å². The molecule has 0 aliphatic carbocycles. The zero-order chi connectivity index (χ0) is 19.7. The van der Waals surface area contributed by atoms with E-state index in [-0.39, 0.29) is 11.8 Å². The lowest BCUT2D eigenvalue weighted by Crippen LogP contribution is -2.27. The van der Waals surface area contributed by atoms with Gasteiger partial charge in [-0.15, -0.1) is 0 Å². The number of nitrogens with zero attached hydrogens (tertiary/aromatic N) is 1. The van der Waals surface area contributed by atoms with E-state index in [0.29, 0.717) is 6.42 Å². The van der Waals surface area contributed by atoms with Gasteiger partial charge in [-0.25, -0.2) is 0 Å². The molecule has 1 amide bonds. The highest BCUT2D eigenvalue weighted by molar-refractivity contribution is 5.76. The first-order valence-corrected chi connectivity index (χ1v) is 9.49. The third-order valence-electron chi connectivity index (χ3n) is 3.26. The van der Waals surface area contributed by atoms with E-state index in [0.717, 1.165) is 30.8 Å². The minimum absolute atomic E-state index is 0.110. The molecule has 1 atom stereocenters. The Morgan fingerprint density at radius 3 is 2.36 bits per heavy atom. The van der Waals surface area contributed by atoms with Gasteiger partial charge in [-0.05, 0) is 50.7 Å². The SMILES string of the molecule is CC.CCC.COc1cccc(C(C)CC(=O)NCCCN(C)C)c1. The quantitative estimate of drug-likeness (QED) is 0.690. The summed E-state index contributed by atoms with van der Waals surface area (Å²) in [6, 6.07) is 7.90. The second kappa shape index (κ2) is 17.3. The first-order chi connectivity index (χ1) is 11.9. The van der Waals surface area contributed by atoms with Crippen LogP contribution in [0.5, 0.6) is 5.75 Å². The molecule has 1 aromatic carbocycles. The summed E-state index contributed by atoms with van der Waals surface area (Å²) in [5, 5.41) is 2.97. The smallest absolute Gasteiger partial charge is 0.220 e. The molecular weight excluding hydrogens is 312 g/mol. The van der Waals surface area contributed by atoms with Crippen molar-refractivity contribution in [1.29, 1.82) is 0 Å². The molecule has 0 saturated heterocycles. The van der Waals surface area contributed by atoms with Crippen LogP contribution >= 0.6 is 0 Å². The summed E-state index contributed by atoms with van der Waals surface area (Å²) >= 11 is 0. The fraction of sp³-hybridized carbons (Fsp3) is 0.667. The van der Waals surface area contributed by atoms with Crippen LogP contribution < -0.4 is 10.1 Å². The Morgan fingerprint density at radius 1 is 1.24 bits per heavy atom. The van der Waals surface area contributed by atoms with Crippen molar-refractivity contribution in [2.75, 3.05) is 34.3 Å². The summed E-state index contributed by atoms with van der Waals surface area (Å²) < 4.78 is 5.21. The van der Waals surface area contributed by atoms with E-state index >= 15 is 0 Å². The minimum atomic E-state index is 0.110. The zero-order valence-corrected chi connectivity index (χ0v) is 17.7. The molecule has 0 spiro atoms. The largest absolute Gasteiger partial charge is 0.497 e. The van der Waals surface area contributed by atoms with Crippen molar-refractivity contribution in [1.82, 2.24) is 10.2 Å². The summed E-state index contributed by atoms with van der Waals surface area (Å²) in [5.74, 6) is 1.14. The summed E-state index contributed by atoms with van der Waals surface area (Å²) in [4.78, 5) is 14.0. The van der Waals surface area contributed by atoms with Crippen molar-refractivity contribution in [3.8, 4) is 5.75 Å². The lowest BCUT2D eigenvalue weighted by Gasteiger charge is -2.14. The van der Waals surface area contributed by atoms with E-state index in [2.05, 4.69) is 31.0 Å². The average Bonchev–Trinajstić information content (AvgIpc) is 2.61. The summed E-state index contributed by atoms with van der Waals surface area (Å²) in [5.41, 5.74) is 1.13. The van der Waals surface area contributed by atoms with E-state index in [1.807, 2.05) is 52.2 Å². The normalized spacial score (nSPS) is 10.8. The van der Waals surface area contributed by atoms with Crippen molar-refractivity contribution in [2.24, 2.45) is 0 Å². The van der Waals surface area contributed by atoms with Crippen LogP contribution in [0.4, 0.5) is 0 Å². The Morgan fingerprint density at radius 2 is 1.84 bits per heavy atom. The Kier molecular flexibility index (Phi) is 17.8. The van der Waals surface area contributed by atoms with Gasteiger partial charge >= 0.3 is 0 Å². The maximum Gasteiger partial charge on any atom is 0.220 e. The van der Waals surface area contributed by atoms with Crippen molar-refractivity contribution in [2.45, 2.75) is 59.8 Å². The maximum atomic E-state index is 11.9. The van der Waals surface area contributed by atoms with Crippen LogP contribution in [0.3, 0.4) is 0 Å². The summed E-state index contributed by atoms with van der Waals surface area (Å²) in [6.07, 6.45) is 2.74.